The van der Waals surface area contributed by atoms with Crippen LogP contribution in [0.1, 0.15) is 12.0 Å². The van der Waals surface area contributed by atoms with Crippen LogP contribution in [-0.2, 0) is 9.53 Å². The molecule has 0 saturated heterocycles. The first-order chi connectivity index (χ1) is 10.6. The second kappa shape index (κ2) is 7.60. The van der Waals surface area contributed by atoms with Crippen molar-refractivity contribution in [2.75, 3.05) is 19.1 Å². The molecule has 7 heteroatoms. The summed E-state index contributed by atoms with van der Waals surface area (Å²) >= 11 is 6.91. The second-order valence-corrected chi connectivity index (χ2v) is 6.11. The summed E-state index contributed by atoms with van der Waals surface area (Å²) in [4.78, 5) is 12.2. The van der Waals surface area contributed by atoms with Crippen LogP contribution in [0, 0.1) is 5.82 Å². The maximum absolute atomic E-state index is 13.1. The van der Waals surface area contributed by atoms with Gasteiger partial charge in [-0.3, -0.25) is 0 Å². The minimum atomic E-state index is -0.423. The van der Waals surface area contributed by atoms with E-state index in [4.69, 9.17) is 17.0 Å². The molecule has 1 aliphatic heterocycles. The monoisotopic (exact) mass is 340 g/mol. The summed E-state index contributed by atoms with van der Waals surface area (Å²) < 4.78 is 18.0. The fourth-order valence-corrected chi connectivity index (χ4v) is 2.99. The van der Waals surface area contributed by atoms with Crippen molar-refractivity contribution in [1.82, 2.24) is 10.6 Å². The average molecular weight is 340 g/mol. The minimum Gasteiger partial charge on any atom is -0.466 e. The topological polar surface area (TPSA) is 50.4 Å². The van der Waals surface area contributed by atoms with Crippen LogP contribution >= 0.6 is 24.0 Å². The Labute approximate surface area is 138 Å². The predicted octanol–water partition coefficient (Wildman–Crippen LogP) is 2.31. The van der Waals surface area contributed by atoms with Crippen molar-refractivity contribution < 1.29 is 13.9 Å². The summed E-state index contributed by atoms with van der Waals surface area (Å²) in [5, 5.41) is 6.54. The smallest absolute Gasteiger partial charge is 0.337 e. The number of nitrogens with one attached hydrogen (secondary N) is 2. The Bertz CT molecular complexity index is 602. The van der Waals surface area contributed by atoms with Gasteiger partial charge in [0, 0.05) is 0 Å². The number of carbonyl (C=O) groups is 1. The number of benzene rings is 1. The summed E-state index contributed by atoms with van der Waals surface area (Å²) in [5.41, 5.74) is 1.75. The Morgan fingerprint density at radius 2 is 2.09 bits per heavy atom. The fourth-order valence-electron chi connectivity index (χ4n) is 2.27. The third-order valence-corrected chi connectivity index (χ3v) is 4.17. The van der Waals surface area contributed by atoms with E-state index in [2.05, 4.69) is 10.6 Å². The zero-order valence-electron chi connectivity index (χ0n) is 12.3. The molecule has 1 aliphatic rings. The van der Waals surface area contributed by atoms with Gasteiger partial charge < -0.3 is 15.4 Å². The molecule has 0 bridgehead atoms. The number of hydrogen-bond acceptors (Lipinski definition) is 4. The lowest BCUT2D eigenvalue weighted by Gasteiger charge is -2.30. The maximum Gasteiger partial charge on any atom is 0.337 e. The number of methoxy groups -OCH3 is 1. The standard InChI is InChI=1S/C15H17FN2O2S2/c1-20-14(19)12-11(7-8-22-2)17-15(21)18-13(12)9-3-5-10(16)6-4-9/h3-6,11H,7-8H2,1-2H3,(H2,17,18,21). The van der Waals surface area contributed by atoms with Crippen LogP contribution in [-0.4, -0.2) is 36.2 Å². The number of carbonyl (C=O) groups excluding carboxylic acids is 1. The van der Waals surface area contributed by atoms with Crippen LogP contribution < -0.4 is 10.6 Å². The SMILES string of the molecule is COC(=O)C1=C(c2ccc(F)cc2)NC(=S)NC1CCSC. The molecule has 0 fully saturated rings. The summed E-state index contributed by atoms with van der Waals surface area (Å²) in [6.45, 7) is 0. The maximum atomic E-state index is 13.1. The molecule has 0 aromatic heterocycles. The molecule has 0 amide bonds. The Morgan fingerprint density at radius 3 is 2.68 bits per heavy atom. The first-order valence-electron chi connectivity index (χ1n) is 6.71. The first kappa shape index (κ1) is 16.8. The Kier molecular flexibility index (Phi) is 5.79. The van der Waals surface area contributed by atoms with Crippen molar-refractivity contribution in [2.45, 2.75) is 12.5 Å². The lowest BCUT2D eigenvalue weighted by atomic mass is 9.96. The van der Waals surface area contributed by atoms with Gasteiger partial charge in [0.15, 0.2) is 5.11 Å². The van der Waals surface area contributed by atoms with E-state index in [1.165, 1.54) is 19.2 Å². The number of thiocarbonyl (C=S) groups is 1. The molecule has 1 aromatic rings. The highest BCUT2D eigenvalue weighted by Gasteiger charge is 2.31. The Hall–Kier alpha value is -1.60. The minimum absolute atomic E-state index is 0.228. The van der Waals surface area contributed by atoms with E-state index in [0.29, 0.717) is 21.9 Å². The van der Waals surface area contributed by atoms with Gasteiger partial charge in [0.2, 0.25) is 0 Å². The number of esters is 1. The normalized spacial score (nSPS) is 17.8. The molecular weight excluding hydrogens is 323 g/mol. The van der Waals surface area contributed by atoms with Crippen LogP contribution in [0.5, 0.6) is 0 Å². The number of hydrogen-bond donors (Lipinski definition) is 2. The highest BCUT2D eigenvalue weighted by atomic mass is 32.2. The van der Waals surface area contributed by atoms with E-state index < -0.39 is 5.97 Å². The molecule has 118 valence electrons. The van der Waals surface area contributed by atoms with Crippen LogP contribution in [0.2, 0.25) is 0 Å². The predicted molar refractivity (Wildman–Crippen MR) is 91.0 cm³/mol. The quantitative estimate of drug-likeness (QED) is 0.634. The highest BCUT2D eigenvalue weighted by molar-refractivity contribution is 7.98. The van der Waals surface area contributed by atoms with Gasteiger partial charge >= 0.3 is 5.97 Å². The highest BCUT2D eigenvalue weighted by Crippen LogP contribution is 2.25. The molecule has 1 heterocycles. The molecule has 1 unspecified atom stereocenters. The second-order valence-electron chi connectivity index (χ2n) is 4.72. The van der Waals surface area contributed by atoms with Crippen molar-refractivity contribution in [3.8, 4) is 0 Å². The van der Waals surface area contributed by atoms with Gasteiger partial charge in [-0.15, -0.1) is 0 Å². The van der Waals surface area contributed by atoms with E-state index in [1.807, 2.05) is 6.26 Å². The molecule has 0 spiro atoms. The molecule has 0 radical (unpaired) electrons. The van der Waals surface area contributed by atoms with E-state index in [9.17, 15) is 9.18 Å². The zero-order valence-corrected chi connectivity index (χ0v) is 13.9. The lowest BCUT2D eigenvalue weighted by Crippen LogP contribution is -2.49. The average Bonchev–Trinajstić information content (AvgIpc) is 2.52. The van der Waals surface area contributed by atoms with E-state index >= 15 is 0 Å². The third-order valence-electron chi connectivity index (χ3n) is 3.31. The van der Waals surface area contributed by atoms with Crippen molar-refractivity contribution in [3.05, 3.63) is 41.2 Å². The Balaban J connectivity index is 2.48. The lowest BCUT2D eigenvalue weighted by molar-refractivity contribution is -0.136. The summed E-state index contributed by atoms with van der Waals surface area (Å²) in [6.07, 6.45) is 2.74. The fraction of sp³-hybridized carbons (Fsp3) is 0.333. The number of ether oxygens (including phenoxy) is 1. The molecule has 2 rings (SSSR count). The van der Waals surface area contributed by atoms with Crippen molar-refractivity contribution in [3.63, 3.8) is 0 Å². The molecule has 4 nitrogen and oxygen atoms in total. The Morgan fingerprint density at radius 1 is 1.41 bits per heavy atom. The van der Waals surface area contributed by atoms with Crippen molar-refractivity contribution in [2.24, 2.45) is 0 Å². The zero-order chi connectivity index (χ0) is 16.1. The van der Waals surface area contributed by atoms with E-state index in [1.54, 1.807) is 23.9 Å². The van der Waals surface area contributed by atoms with Gasteiger partial charge in [0.05, 0.1) is 24.4 Å². The third kappa shape index (κ3) is 3.78. The summed E-state index contributed by atoms with van der Waals surface area (Å²) in [7, 11) is 1.34. The first-order valence-corrected chi connectivity index (χ1v) is 8.52. The number of halogens is 1. The van der Waals surface area contributed by atoms with Crippen LogP contribution in [0.15, 0.2) is 29.8 Å². The van der Waals surface area contributed by atoms with Crippen molar-refractivity contribution >= 4 is 40.8 Å². The number of rotatable bonds is 5. The van der Waals surface area contributed by atoms with Gasteiger partial charge in [-0.2, -0.15) is 11.8 Å². The summed E-state index contributed by atoms with van der Waals surface area (Å²) in [5.74, 6) is 0.115. The molecule has 1 aromatic carbocycles. The van der Waals surface area contributed by atoms with Crippen molar-refractivity contribution in [1.29, 1.82) is 0 Å². The van der Waals surface area contributed by atoms with Gasteiger partial charge in [0.25, 0.3) is 0 Å². The van der Waals surface area contributed by atoms with Gasteiger partial charge in [-0.1, -0.05) is 0 Å². The van der Waals surface area contributed by atoms with Gasteiger partial charge in [-0.05, 0) is 60.5 Å². The van der Waals surface area contributed by atoms with Gasteiger partial charge in [0.1, 0.15) is 5.82 Å². The van der Waals surface area contributed by atoms with E-state index in [-0.39, 0.29) is 11.9 Å². The largest absolute Gasteiger partial charge is 0.466 e. The van der Waals surface area contributed by atoms with Crippen LogP contribution in [0.25, 0.3) is 5.70 Å². The molecule has 2 N–H and O–H groups in total. The van der Waals surface area contributed by atoms with Crippen LogP contribution in [0.3, 0.4) is 0 Å². The molecule has 0 aliphatic carbocycles. The van der Waals surface area contributed by atoms with E-state index in [0.717, 1.165) is 12.2 Å². The molecule has 0 saturated carbocycles. The van der Waals surface area contributed by atoms with Crippen LogP contribution in [0.4, 0.5) is 4.39 Å². The number of thioether (sulfide) groups is 1. The van der Waals surface area contributed by atoms with Gasteiger partial charge in [-0.25, -0.2) is 9.18 Å². The molecule has 22 heavy (non-hydrogen) atoms. The summed E-state index contributed by atoms with van der Waals surface area (Å²) in [6, 6.07) is 5.69. The molecule has 1 atom stereocenters. The molecular formula is C15H17FN2O2S2.